The summed E-state index contributed by atoms with van der Waals surface area (Å²) in [5.41, 5.74) is 2.28. The van der Waals surface area contributed by atoms with Crippen LogP contribution in [0.15, 0.2) is 59.5 Å². The predicted octanol–water partition coefficient (Wildman–Crippen LogP) is 3.20. The summed E-state index contributed by atoms with van der Waals surface area (Å²) in [5.74, 6) is -0.337. The van der Waals surface area contributed by atoms with Gasteiger partial charge in [-0.25, -0.2) is 13.4 Å². The van der Waals surface area contributed by atoms with Crippen molar-refractivity contribution in [1.29, 1.82) is 0 Å². The number of carbonyl (C=O) groups excluding carboxylic acids is 1. The third kappa shape index (κ3) is 3.28. The number of hydrogen-bond donors (Lipinski definition) is 1. The van der Waals surface area contributed by atoms with Gasteiger partial charge in [-0.2, -0.15) is 0 Å². The minimum atomic E-state index is -3.27. The lowest BCUT2D eigenvalue weighted by molar-refractivity contribution is 0.102. The Morgan fingerprint density at radius 2 is 1.79 bits per heavy atom. The molecular formula is C18H16N2O3S. The average molecular weight is 340 g/mol. The van der Waals surface area contributed by atoms with Crippen molar-refractivity contribution in [2.45, 2.75) is 11.8 Å². The Bertz CT molecular complexity index is 1040. The molecule has 0 radical (unpaired) electrons. The molecule has 5 nitrogen and oxygen atoms in total. The summed E-state index contributed by atoms with van der Waals surface area (Å²) in [6.45, 7) is 1.75. The fraction of sp³-hybridized carbons (Fsp3) is 0.111. The molecule has 3 aromatic rings. The highest BCUT2D eigenvalue weighted by Crippen LogP contribution is 2.20. The molecule has 24 heavy (non-hydrogen) atoms. The van der Waals surface area contributed by atoms with Crippen LogP contribution in [0.2, 0.25) is 0 Å². The van der Waals surface area contributed by atoms with E-state index in [0.29, 0.717) is 16.9 Å². The van der Waals surface area contributed by atoms with Gasteiger partial charge in [-0.3, -0.25) is 4.79 Å². The fourth-order valence-electron chi connectivity index (χ4n) is 2.39. The number of hydrogen-bond acceptors (Lipinski definition) is 4. The maximum absolute atomic E-state index is 12.4. The van der Waals surface area contributed by atoms with Gasteiger partial charge in [0.1, 0.15) is 5.69 Å². The zero-order chi connectivity index (χ0) is 17.3. The van der Waals surface area contributed by atoms with Crippen LogP contribution >= 0.6 is 0 Å². The number of carbonyl (C=O) groups is 1. The van der Waals surface area contributed by atoms with Crippen molar-refractivity contribution in [2.75, 3.05) is 11.6 Å². The lowest BCUT2D eigenvalue weighted by atomic mass is 10.2. The van der Waals surface area contributed by atoms with E-state index in [1.165, 1.54) is 6.07 Å². The molecule has 122 valence electrons. The Kier molecular flexibility index (Phi) is 4.07. The Labute approximate surface area is 140 Å². The van der Waals surface area contributed by atoms with Gasteiger partial charge in [0.15, 0.2) is 9.84 Å². The van der Waals surface area contributed by atoms with E-state index < -0.39 is 9.84 Å². The number of nitrogens with one attached hydrogen (secondary N) is 1. The molecule has 0 spiro atoms. The van der Waals surface area contributed by atoms with Crippen LogP contribution in [0.3, 0.4) is 0 Å². The normalized spacial score (nSPS) is 11.4. The maximum Gasteiger partial charge on any atom is 0.274 e. The molecule has 0 saturated heterocycles. The van der Waals surface area contributed by atoms with E-state index in [1.807, 2.05) is 30.3 Å². The summed E-state index contributed by atoms with van der Waals surface area (Å²) in [4.78, 5) is 17.0. The predicted molar refractivity (Wildman–Crippen MR) is 94.0 cm³/mol. The highest BCUT2D eigenvalue weighted by Gasteiger charge is 2.13. The molecule has 0 atom stereocenters. The number of aromatic nitrogens is 1. The van der Waals surface area contributed by atoms with Crippen LogP contribution in [0.25, 0.3) is 10.9 Å². The Hall–Kier alpha value is -2.73. The third-order valence-electron chi connectivity index (χ3n) is 3.71. The van der Waals surface area contributed by atoms with Crippen LogP contribution in [0.4, 0.5) is 5.69 Å². The summed E-state index contributed by atoms with van der Waals surface area (Å²) in [6, 6.07) is 15.7. The molecule has 0 aliphatic carbocycles. The van der Waals surface area contributed by atoms with Gasteiger partial charge in [-0.15, -0.1) is 0 Å². The topological polar surface area (TPSA) is 76.1 Å². The highest BCUT2D eigenvalue weighted by atomic mass is 32.2. The molecule has 0 unspecified atom stereocenters. The summed E-state index contributed by atoms with van der Waals surface area (Å²) >= 11 is 0. The lowest BCUT2D eigenvalue weighted by Gasteiger charge is -2.10. The van der Waals surface area contributed by atoms with Gasteiger partial charge >= 0.3 is 0 Å². The number of aryl methyl sites for hydroxylation is 1. The number of para-hydroxylation sites is 1. The summed E-state index contributed by atoms with van der Waals surface area (Å²) < 4.78 is 23.1. The molecule has 1 amide bonds. The van der Waals surface area contributed by atoms with Crippen LogP contribution < -0.4 is 5.32 Å². The fourth-order valence-corrected chi connectivity index (χ4v) is 3.09. The number of fused-ring (bicyclic) bond motifs is 1. The first-order valence-corrected chi connectivity index (χ1v) is 9.21. The van der Waals surface area contributed by atoms with Gasteiger partial charge in [0, 0.05) is 17.3 Å². The molecule has 0 fully saturated rings. The van der Waals surface area contributed by atoms with E-state index >= 15 is 0 Å². The van der Waals surface area contributed by atoms with Crippen LogP contribution in [-0.4, -0.2) is 25.6 Å². The van der Waals surface area contributed by atoms with Gasteiger partial charge in [0.25, 0.3) is 5.91 Å². The van der Waals surface area contributed by atoms with Crippen molar-refractivity contribution in [3.05, 3.63) is 65.9 Å². The van der Waals surface area contributed by atoms with E-state index in [4.69, 9.17) is 0 Å². The minimum absolute atomic E-state index is 0.224. The molecule has 3 rings (SSSR count). The average Bonchev–Trinajstić information content (AvgIpc) is 2.55. The van der Waals surface area contributed by atoms with E-state index in [2.05, 4.69) is 10.3 Å². The molecular weight excluding hydrogens is 324 g/mol. The number of amides is 1. The smallest absolute Gasteiger partial charge is 0.274 e. The molecule has 0 saturated carbocycles. The van der Waals surface area contributed by atoms with E-state index in [1.54, 1.807) is 25.1 Å². The molecule has 6 heteroatoms. The van der Waals surface area contributed by atoms with E-state index in [-0.39, 0.29) is 10.8 Å². The van der Waals surface area contributed by atoms with Crippen molar-refractivity contribution >= 4 is 32.3 Å². The van der Waals surface area contributed by atoms with Gasteiger partial charge in [0.05, 0.1) is 10.4 Å². The summed E-state index contributed by atoms with van der Waals surface area (Å²) in [5, 5.41) is 3.73. The first-order valence-electron chi connectivity index (χ1n) is 7.32. The monoisotopic (exact) mass is 340 g/mol. The first kappa shape index (κ1) is 16.1. The molecule has 0 aliphatic rings. The number of sulfone groups is 1. The number of rotatable bonds is 3. The Morgan fingerprint density at radius 1 is 1.04 bits per heavy atom. The summed E-state index contributed by atoms with van der Waals surface area (Å²) in [7, 11) is -3.27. The number of nitrogens with zero attached hydrogens (tertiary/aromatic N) is 1. The van der Waals surface area contributed by atoms with Crippen LogP contribution in [-0.2, 0) is 9.84 Å². The van der Waals surface area contributed by atoms with Crippen molar-refractivity contribution in [1.82, 2.24) is 4.98 Å². The molecule has 0 bridgehead atoms. The summed E-state index contributed by atoms with van der Waals surface area (Å²) in [6.07, 6.45) is 1.15. The second-order valence-electron chi connectivity index (χ2n) is 5.59. The largest absolute Gasteiger partial charge is 0.320 e. The SMILES string of the molecule is Cc1cc(S(C)(=O)=O)ccc1NC(=O)c1ccc2ccccc2n1. The van der Waals surface area contributed by atoms with Gasteiger partial charge in [-0.05, 0) is 42.8 Å². The Morgan fingerprint density at radius 3 is 2.50 bits per heavy atom. The Balaban J connectivity index is 1.88. The van der Waals surface area contributed by atoms with Crippen LogP contribution in [0.5, 0.6) is 0 Å². The number of pyridine rings is 1. The number of benzene rings is 2. The first-order chi connectivity index (χ1) is 11.3. The quantitative estimate of drug-likeness (QED) is 0.794. The number of anilines is 1. The van der Waals surface area contributed by atoms with Crippen LogP contribution in [0.1, 0.15) is 16.1 Å². The van der Waals surface area contributed by atoms with E-state index in [9.17, 15) is 13.2 Å². The van der Waals surface area contributed by atoms with Crippen molar-refractivity contribution in [2.24, 2.45) is 0 Å². The van der Waals surface area contributed by atoms with Gasteiger partial charge in [-0.1, -0.05) is 24.3 Å². The van der Waals surface area contributed by atoms with Crippen molar-refractivity contribution in [3.8, 4) is 0 Å². The van der Waals surface area contributed by atoms with Crippen molar-refractivity contribution in [3.63, 3.8) is 0 Å². The molecule has 1 heterocycles. The zero-order valence-corrected chi connectivity index (χ0v) is 14.1. The highest BCUT2D eigenvalue weighted by molar-refractivity contribution is 7.90. The van der Waals surface area contributed by atoms with Gasteiger partial charge in [0.2, 0.25) is 0 Å². The third-order valence-corrected chi connectivity index (χ3v) is 4.82. The molecule has 1 N–H and O–H groups in total. The molecule has 1 aromatic heterocycles. The maximum atomic E-state index is 12.4. The second kappa shape index (κ2) is 6.05. The molecule has 2 aromatic carbocycles. The van der Waals surface area contributed by atoms with E-state index in [0.717, 1.165) is 17.2 Å². The minimum Gasteiger partial charge on any atom is -0.320 e. The molecule has 0 aliphatic heterocycles. The van der Waals surface area contributed by atoms with Crippen molar-refractivity contribution < 1.29 is 13.2 Å². The standard InChI is InChI=1S/C18H16N2O3S/c1-12-11-14(24(2,22)23)8-10-15(12)20-18(21)17-9-7-13-5-3-4-6-16(13)19-17/h3-11H,1-2H3,(H,20,21). The van der Waals surface area contributed by atoms with Crippen LogP contribution in [0, 0.1) is 6.92 Å². The zero-order valence-electron chi connectivity index (χ0n) is 13.3. The second-order valence-corrected chi connectivity index (χ2v) is 7.61. The van der Waals surface area contributed by atoms with Gasteiger partial charge < -0.3 is 5.32 Å². The lowest BCUT2D eigenvalue weighted by Crippen LogP contribution is -2.14.